The summed E-state index contributed by atoms with van der Waals surface area (Å²) in [5.74, 6) is 0.781. The molecule has 1 aliphatic rings. The molecule has 1 heterocycles. The first-order valence-corrected chi connectivity index (χ1v) is 4.04. The number of carbonyl (C=O) groups is 1. The van der Waals surface area contributed by atoms with Crippen molar-refractivity contribution in [2.45, 2.75) is 12.8 Å². The highest BCUT2D eigenvalue weighted by Crippen LogP contribution is 2.32. The van der Waals surface area contributed by atoms with Crippen LogP contribution in [0, 0.1) is 5.92 Å². The van der Waals surface area contributed by atoms with E-state index in [1.165, 1.54) is 0 Å². The second-order valence-corrected chi connectivity index (χ2v) is 3.09. The Bertz CT molecular complexity index is 318. The van der Waals surface area contributed by atoms with Gasteiger partial charge in [0.15, 0.2) is 5.78 Å². The molecule has 0 radical (unpaired) electrons. The molecule has 3 nitrogen and oxygen atoms in total. The molecular formula is C9H10N2O. The smallest absolute Gasteiger partial charge is 0.184 e. The molecule has 0 saturated heterocycles. The highest BCUT2D eigenvalue weighted by atomic mass is 16.1. The number of nitrogen functional groups attached to an aromatic ring is 1. The molecule has 0 bridgehead atoms. The van der Waals surface area contributed by atoms with Crippen LogP contribution in [-0.4, -0.2) is 10.8 Å². The molecule has 2 N–H and O–H groups in total. The second-order valence-electron chi connectivity index (χ2n) is 3.09. The zero-order valence-electron chi connectivity index (χ0n) is 6.66. The highest BCUT2D eigenvalue weighted by Gasteiger charge is 2.31. The topological polar surface area (TPSA) is 56.0 Å². The van der Waals surface area contributed by atoms with Crippen LogP contribution in [-0.2, 0) is 0 Å². The number of aromatic nitrogens is 1. The number of Topliss-reactive ketones (excluding diaryl/α,β-unsaturated/α-hetero) is 1. The van der Waals surface area contributed by atoms with Gasteiger partial charge in [0.1, 0.15) is 11.5 Å². The minimum absolute atomic E-state index is 0.141. The van der Waals surface area contributed by atoms with E-state index in [4.69, 9.17) is 5.73 Å². The zero-order valence-corrected chi connectivity index (χ0v) is 6.66. The Balaban J connectivity index is 2.26. The Morgan fingerprint density at radius 3 is 2.83 bits per heavy atom. The fourth-order valence-electron chi connectivity index (χ4n) is 1.14. The molecule has 0 amide bonds. The van der Waals surface area contributed by atoms with Gasteiger partial charge in [-0.05, 0) is 25.0 Å². The molecule has 1 aromatic heterocycles. The van der Waals surface area contributed by atoms with E-state index in [1.54, 1.807) is 18.2 Å². The Labute approximate surface area is 70.6 Å². The van der Waals surface area contributed by atoms with Crippen molar-refractivity contribution in [3.63, 3.8) is 0 Å². The Kier molecular flexibility index (Phi) is 1.57. The van der Waals surface area contributed by atoms with Crippen LogP contribution in [0.5, 0.6) is 0 Å². The van der Waals surface area contributed by atoms with E-state index in [9.17, 15) is 4.79 Å². The van der Waals surface area contributed by atoms with Gasteiger partial charge >= 0.3 is 0 Å². The average molecular weight is 162 g/mol. The van der Waals surface area contributed by atoms with Gasteiger partial charge in [0.25, 0.3) is 0 Å². The third-order valence-electron chi connectivity index (χ3n) is 1.97. The van der Waals surface area contributed by atoms with Crippen LogP contribution < -0.4 is 5.73 Å². The SMILES string of the molecule is Nc1cccc(C(=O)C2CC2)n1. The molecule has 0 aromatic carbocycles. The molecule has 3 heteroatoms. The lowest BCUT2D eigenvalue weighted by Crippen LogP contribution is -2.05. The van der Waals surface area contributed by atoms with E-state index in [1.807, 2.05) is 0 Å². The van der Waals surface area contributed by atoms with Crippen LogP contribution in [0.3, 0.4) is 0 Å². The minimum Gasteiger partial charge on any atom is -0.384 e. The zero-order chi connectivity index (χ0) is 8.55. The van der Waals surface area contributed by atoms with E-state index < -0.39 is 0 Å². The molecular weight excluding hydrogens is 152 g/mol. The number of hydrogen-bond donors (Lipinski definition) is 1. The van der Waals surface area contributed by atoms with E-state index in [-0.39, 0.29) is 11.7 Å². The van der Waals surface area contributed by atoms with Crippen molar-refractivity contribution in [1.82, 2.24) is 4.98 Å². The van der Waals surface area contributed by atoms with E-state index in [2.05, 4.69) is 4.98 Å². The van der Waals surface area contributed by atoms with Gasteiger partial charge in [-0.3, -0.25) is 4.79 Å². The van der Waals surface area contributed by atoms with Gasteiger partial charge in [0, 0.05) is 5.92 Å². The van der Waals surface area contributed by atoms with Gasteiger partial charge in [-0.1, -0.05) is 6.07 Å². The largest absolute Gasteiger partial charge is 0.384 e. The van der Waals surface area contributed by atoms with Gasteiger partial charge in [0.05, 0.1) is 0 Å². The van der Waals surface area contributed by atoms with Crippen molar-refractivity contribution in [2.24, 2.45) is 5.92 Å². The predicted molar refractivity (Wildman–Crippen MR) is 45.7 cm³/mol. The Morgan fingerprint density at radius 1 is 1.50 bits per heavy atom. The summed E-state index contributed by atoms with van der Waals surface area (Å²) in [7, 11) is 0. The first-order chi connectivity index (χ1) is 5.77. The Hall–Kier alpha value is -1.38. The van der Waals surface area contributed by atoms with Gasteiger partial charge in [-0.15, -0.1) is 0 Å². The van der Waals surface area contributed by atoms with Crippen LogP contribution >= 0.6 is 0 Å². The summed E-state index contributed by atoms with van der Waals surface area (Å²) < 4.78 is 0. The van der Waals surface area contributed by atoms with E-state index >= 15 is 0 Å². The normalized spacial score (nSPS) is 16.0. The molecule has 0 spiro atoms. The average Bonchev–Trinajstić information content (AvgIpc) is 2.85. The molecule has 62 valence electrons. The molecule has 1 fully saturated rings. The van der Waals surface area contributed by atoms with Gasteiger partial charge in [-0.25, -0.2) is 4.98 Å². The molecule has 0 aliphatic heterocycles. The summed E-state index contributed by atoms with van der Waals surface area (Å²) in [5.41, 5.74) is 5.97. The van der Waals surface area contributed by atoms with E-state index in [0.29, 0.717) is 11.5 Å². The van der Waals surface area contributed by atoms with Gasteiger partial charge in [0.2, 0.25) is 0 Å². The molecule has 1 aliphatic carbocycles. The van der Waals surface area contributed by atoms with Crippen molar-refractivity contribution < 1.29 is 4.79 Å². The highest BCUT2D eigenvalue weighted by molar-refractivity contribution is 5.97. The summed E-state index contributed by atoms with van der Waals surface area (Å²) >= 11 is 0. The number of rotatable bonds is 2. The quantitative estimate of drug-likeness (QED) is 0.666. The number of anilines is 1. The first kappa shape index (κ1) is 7.28. The lowest BCUT2D eigenvalue weighted by molar-refractivity contribution is 0.0963. The van der Waals surface area contributed by atoms with Crippen molar-refractivity contribution in [3.05, 3.63) is 23.9 Å². The maximum absolute atomic E-state index is 11.4. The van der Waals surface area contributed by atoms with E-state index in [0.717, 1.165) is 12.8 Å². The maximum Gasteiger partial charge on any atom is 0.184 e. The number of pyridine rings is 1. The standard InChI is InChI=1S/C9H10N2O/c10-8-3-1-2-7(11-8)9(12)6-4-5-6/h1-3,6H,4-5H2,(H2,10,11). The molecule has 2 rings (SSSR count). The number of ketones is 1. The molecule has 12 heavy (non-hydrogen) atoms. The minimum atomic E-state index is 0.141. The predicted octanol–water partition coefficient (Wildman–Crippen LogP) is 1.26. The molecule has 0 unspecified atom stereocenters. The summed E-state index contributed by atoms with van der Waals surface area (Å²) in [6.07, 6.45) is 2.02. The first-order valence-electron chi connectivity index (χ1n) is 4.04. The summed E-state index contributed by atoms with van der Waals surface area (Å²) in [5, 5.41) is 0. The van der Waals surface area contributed by atoms with Crippen LogP contribution in [0.1, 0.15) is 23.3 Å². The lowest BCUT2D eigenvalue weighted by atomic mass is 10.2. The number of nitrogens with two attached hydrogens (primary N) is 1. The van der Waals surface area contributed by atoms with Crippen LogP contribution in [0.4, 0.5) is 5.82 Å². The van der Waals surface area contributed by atoms with Crippen LogP contribution in [0.2, 0.25) is 0 Å². The third kappa shape index (κ3) is 1.30. The number of carbonyl (C=O) groups excluding carboxylic acids is 1. The molecule has 1 aromatic rings. The second kappa shape index (κ2) is 2.59. The maximum atomic E-state index is 11.4. The van der Waals surface area contributed by atoms with Crippen LogP contribution in [0.25, 0.3) is 0 Å². The van der Waals surface area contributed by atoms with Gasteiger partial charge < -0.3 is 5.73 Å². The monoisotopic (exact) mass is 162 g/mol. The fourth-order valence-corrected chi connectivity index (χ4v) is 1.14. The fraction of sp³-hybridized carbons (Fsp3) is 0.333. The molecule has 1 saturated carbocycles. The molecule has 0 atom stereocenters. The third-order valence-corrected chi connectivity index (χ3v) is 1.97. The number of hydrogen-bond acceptors (Lipinski definition) is 3. The van der Waals surface area contributed by atoms with Crippen molar-refractivity contribution in [1.29, 1.82) is 0 Å². The van der Waals surface area contributed by atoms with Gasteiger partial charge in [-0.2, -0.15) is 0 Å². The van der Waals surface area contributed by atoms with Crippen molar-refractivity contribution >= 4 is 11.6 Å². The summed E-state index contributed by atoms with van der Waals surface area (Å²) in [6, 6.07) is 5.17. The summed E-state index contributed by atoms with van der Waals surface area (Å²) in [6.45, 7) is 0. The number of nitrogens with zero attached hydrogens (tertiary/aromatic N) is 1. The van der Waals surface area contributed by atoms with Crippen molar-refractivity contribution in [2.75, 3.05) is 5.73 Å². The lowest BCUT2D eigenvalue weighted by Gasteiger charge is -1.97. The summed E-state index contributed by atoms with van der Waals surface area (Å²) in [4.78, 5) is 15.4. The van der Waals surface area contributed by atoms with Crippen molar-refractivity contribution in [3.8, 4) is 0 Å². The Morgan fingerprint density at radius 2 is 2.25 bits per heavy atom. The van der Waals surface area contributed by atoms with Crippen LogP contribution in [0.15, 0.2) is 18.2 Å².